The Morgan fingerprint density at radius 2 is 1.70 bits per heavy atom. The number of hydrogen-bond donors (Lipinski definition) is 2. The highest BCUT2D eigenvalue weighted by atomic mass is 14.6. The molecule has 2 nitrogen and oxygen atoms in total. The van der Waals surface area contributed by atoms with Crippen LogP contribution >= 0.6 is 0 Å². The molecule has 1 atom stereocenters. The van der Waals surface area contributed by atoms with Crippen LogP contribution < -0.4 is 11.5 Å². The van der Waals surface area contributed by atoms with Gasteiger partial charge in [-0.25, -0.2) is 0 Å². The van der Waals surface area contributed by atoms with Crippen molar-refractivity contribution in [2.75, 3.05) is 13.1 Å². The highest BCUT2D eigenvalue weighted by Crippen LogP contribution is 2.26. The van der Waals surface area contributed by atoms with Crippen LogP contribution in [0.1, 0.15) is 27.2 Å². The van der Waals surface area contributed by atoms with Crippen LogP contribution in [0.2, 0.25) is 0 Å². The fraction of sp³-hybridized carbons (Fsp3) is 1.00. The molecule has 10 heavy (non-hydrogen) atoms. The zero-order valence-electron chi connectivity index (χ0n) is 7.35. The molecular weight excluding hydrogens is 124 g/mol. The van der Waals surface area contributed by atoms with E-state index in [0.29, 0.717) is 11.3 Å². The Hall–Kier alpha value is -0.0800. The Bertz CT molecular complexity index is 83.7. The first-order valence-electron chi connectivity index (χ1n) is 3.92. The summed E-state index contributed by atoms with van der Waals surface area (Å²) in [4.78, 5) is 0. The van der Waals surface area contributed by atoms with E-state index in [0.717, 1.165) is 19.5 Å². The molecule has 0 saturated carbocycles. The number of nitrogens with two attached hydrogens (primary N) is 2. The summed E-state index contributed by atoms with van der Waals surface area (Å²) < 4.78 is 0. The Kier molecular flexibility index (Phi) is 3.91. The third kappa shape index (κ3) is 3.18. The second-order valence-electron chi connectivity index (χ2n) is 3.88. The van der Waals surface area contributed by atoms with Crippen molar-refractivity contribution in [2.24, 2.45) is 22.8 Å². The van der Waals surface area contributed by atoms with E-state index in [4.69, 9.17) is 11.5 Å². The number of hydrogen-bond acceptors (Lipinski definition) is 2. The van der Waals surface area contributed by atoms with Crippen molar-refractivity contribution in [3.05, 3.63) is 0 Å². The average Bonchev–Trinajstić information content (AvgIpc) is 1.80. The van der Waals surface area contributed by atoms with Gasteiger partial charge in [0.05, 0.1) is 0 Å². The highest BCUT2D eigenvalue weighted by Gasteiger charge is 2.21. The van der Waals surface area contributed by atoms with Crippen molar-refractivity contribution in [3.8, 4) is 0 Å². The summed E-state index contributed by atoms with van der Waals surface area (Å²) in [6.45, 7) is 8.13. The van der Waals surface area contributed by atoms with Crippen LogP contribution in [0, 0.1) is 11.3 Å². The summed E-state index contributed by atoms with van der Waals surface area (Å²) in [5, 5.41) is 0. The Morgan fingerprint density at radius 1 is 1.20 bits per heavy atom. The van der Waals surface area contributed by atoms with Crippen LogP contribution in [0.25, 0.3) is 0 Å². The van der Waals surface area contributed by atoms with Crippen LogP contribution in [0.4, 0.5) is 0 Å². The molecule has 0 radical (unpaired) electrons. The molecule has 0 aromatic heterocycles. The minimum Gasteiger partial charge on any atom is -0.330 e. The monoisotopic (exact) mass is 144 g/mol. The van der Waals surface area contributed by atoms with Gasteiger partial charge in [-0.3, -0.25) is 0 Å². The van der Waals surface area contributed by atoms with Gasteiger partial charge in [-0.2, -0.15) is 0 Å². The molecular formula is C8H20N2. The maximum Gasteiger partial charge on any atom is -0.00434 e. The maximum atomic E-state index is 5.59. The Labute approximate surface area is 64.0 Å². The molecule has 0 fully saturated rings. The zero-order valence-corrected chi connectivity index (χ0v) is 7.35. The maximum absolute atomic E-state index is 5.59. The average molecular weight is 144 g/mol. The van der Waals surface area contributed by atoms with Crippen LogP contribution in [0.15, 0.2) is 0 Å². The minimum atomic E-state index is 0.314. The molecule has 0 saturated heterocycles. The van der Waals surface area contributed by atoms with E-state index in [1.165, 1.54) is 0 Å². The molecule has 0 bridgehead atoms. The second-order valence-corrected chi connectivity index (χ2v) is 3.88. The van der Waals surface area contributed by atoms with Gasteiger partial charge in [0.25, 0.3) is 0 Å². The molecule has 0 aromatic carbocycles. The Morgan fingerprint density at radius 3 is 1.80 bits per heavy atom. The van der Waals surface area contributed by atoms with E-state index < -0.39 is 0 Å². The smallest absolute Gasteiger partial charge is 0.00434 e. The van der Waals surface area contributed by atoms with Crippen molar-refractivity contribution in [1.29, 1.82) is 0 Å². The molecule has 0 aromatic rings. The summed E-state index contributed by atoms with van der Waals surface area (Å²) in [7, 11) is 0. The first-order valence-corrected chi connectivity index (χ1v) is 3.92. The summed E-state index contributed by atoms with van der Waals surface area (Å²) in [5.74, 6) is 0.567. The van der Waals surface area contributed by atoms with Gasteiger partial charge in [-0.05, 0) is 30.8 Å². The highest BCUT2D eigenvalue weighted by molar-refractivity contribution is 4.74. The molecule has 0 aliphatic carbocycles. The molecule has 0 spiro atoms. The van der Waals surface area contributed by atoms with Crippen LogP contribution in [0.3, 0.4) is 0 Å². The Balaban J connectivity index is 3.81. The molecule has 4 N–H and O–H groups in total. The van der Waals surface area contributed by atoms with E-state index in [9.17, 15) is 0 Å². The number of rotatable bonds is 3. The summed E-state index contributed by atoms with van der Waals surface area (Å²) in [5.41, 5.74) is 11.3. The van der Waals surface area contributed by atoms with E-state index in [1.54, 1.807) is 0 Å². The molecule has 2 heteroatoms. The topological polar surface area (TPSA) is 52.0 Å². The van der Waals surface area contributed by atoms with Gasteiger partial charge in [-0.15, -0.1) is 0 Å². The van der Waals surface area contributed by atoms with Gasteiger partial charge in [-0.1, -0.05) is 20.8 Å². The first kappa shape index (κ1) is 9.92. The van der Waals surface area contributed by atoms with Gasteiger partial charge < -0.3 is 11.5 Å². The van der Waals surface area contributed by atoms with Gasteiger partial charge in [0.2, 0.25) is 0 Å². The van der Waals surface area contributed by atoms with Crippen LogP contribution in [-0.2, 0) is 0 Å². The van der Waals surface area contributed by atoms with Crippen molar-refractivity contribution >= 4 is 0 Å². The van der Waals surface area contributed by atoms with Gasteiger partial charge in [0.1, 0.15) is 0 Å². The van der Waals surface area contributed by atoms with Crippen molar-refractivity contribution in [3.63, 3.8) is 0 Å². The quantitative estimate of drug-likeness (QED) is 0.620. The normalized spacial score (nSPS) is 15.3. The fourth-order valence-electron chi connectivity index (χ4n) is 1.11. The van der Waals surface area contributed by atoms with Crippen molar-refractivity contribution in [1.82, 2.24) is 0 Å². The van der Waals surface area contributed by atoms with Gasteiger partial charge in [0.15, 0.2) is 0 Å². The fourth-order valence-corrected chi connectivity index (χ4v) is 1.11. The lowest BCUT2D eigenvalue weighted by Gasteiger charge is -2.29. The zero-order chi connectivity index (χ0) is 8.20. The SMILES string of the molecule is CC(C)(C)C(CN)CCN. The molecule has 0 rings (SSSR count). The first-order chi connectivity index (χ1) is 4.52. The lowest BCUT2D eigenvalue weighted by Crippen LogP contribution is -2.30. The molecule has 0 amide bonds. The van der Waals surface area contributed by atoms with Crippen molar-refractivity contribution in [2.45, 2.75) is 27.2 Å². The summed E-state index contributed by atoms with van der Waals surface area (Å²) >= 11 is 0. The molecule has 62 valence electrons. The largest absolute Gasteiger partial charge is 0.330 e. The minimum absolute atomic E-state index is 0.314. The van der Waals surface area contributed by atoms with E-state index >= 15 is 0 Å². The molecule has 0 aliphatic heterocycles. The third-order valence-electron chi connectivity index (χ3n) is 2.02. The van der Waals surface area contributed by atoms with Gasteiger partial charge in [0, 0.05) is 0 Å². The predicted octanol–water partition coefficient (Wildman–Crippen LogP) is 0.956. The summed E-state index contributed by atoms with van der Waals surface area (Å²) in [6.07, 6.45) is 1.04. The van der Waals surface area contributed by atoms with Crippen LogP contribution in [0.5, 0.6) is 0 Å². The molecule has 0 aliphatic rings. The predicted molar refractivity (Wildman–Crippen MR) is 45.7 cm³/mol. The van der Waals surface area contributed by atoms with E-state index in [1.807, 2.05) is 0 Å². The van der Waals surface area contributed by atoms with E-state index in [-0.39, 0.29) is 0 Å². The van der Waals surface area contributed by atoms with Crippen molar-refractivity contribution < 1.29 is 0 Å². The lowest BCUT2D eigenvalue weighted by molar-refractivity contribution is 0.236. The molecule has 1 unspecified atom stereocenters. The molecule has 0 heterocycles. The van der Waals surface area contributed by atoms with E-state index in [2.05, 4.69) is 20.8 Å². The lowest BCUT2D eigenvalue weighted by atomic mass is 9.79. The van der Waals surface area contributed by atoms with Crippen LogP contribution in [-0.4, -0.2) is 13.1 Å². The summed E-state index contributed by atoms with van der Waals surface area (Å²) in [6, 6.07) is 0. The van der Waals surface area contributed by atoms with Gasteiger partial charge >= 0.3 is 0 Å². The standard InChI is InChI=1S/C8H20N2/c1-8(2,3)7(6-10)4-5-9/h7H,4-6,9-10H2,1-3H3. The third-order valence-corrected chi connectivity index (χ3v) is 2.02. The second kappa shape index (κ2) is 3.94.